The number of nitrogens with zero attached hydrogens (tertiary/aromatic N) is 6. The number of carbonyl (C=O) groups excluding carboxylic acids is 4. The molecule has 0 spiro atoms. The Morgan fingerprint density at radius 2 is 1.85 bits per heavy atom. The van der Waals surface area contributed by atoms with E-state index in [1.165, 1.54) is 9.91 Å². The van der Waals surface area contributed by atoms with Crippen LogP contribution >= 0.6 is 0 Å². The fourth-order valence-corrected chi connectivity index (χ4v) is 9.38. The van der Waals surface area contributed by atoms with Crippen LogP contribution in [0, 0.1) is 11.3 Å². The van der Waals surface area contributed by atoms with E-state index in [9.17, 15) is 19.2 Å². The quantitative estimate of drug-likeness (QED) is 0.0894. The first-order chi connectivity index (χ1) is 32.7. The predicted octanol–water partition coefficient (Wildman–Crippen LogP) is 7.57. The van der Waals surface area contributed by atoms with Gasteiger partial charge >= 0.3 is 5.97 Å². The number of carbonyl (C=O) groups is 4. The number of pyridine rings is 1. The Morgan fingerprint density at radius 3 is 2.62 bits per heavy atom. The predicted molar refractivity (Wildman–Crippen MR) is 262 cm³/mol. The van der Waals surface area contributed by atoms with Crippen LogP contribution in [0.4, 0.5) is 5.69 Å². The van der Waals surface area contributed by atoms with Gasteiger partial charge in [0.2, 0.25) is 11.8 Å². The molecule has 0 radical (unpaired) electrons. The van der Waals surface area contributed by atoms with E-state index in [0.717, 1.165) is 50.0 Å². The molecule has 1 fully saturated rings. The molecular weight excluding hydrogens is 861 g/mol. The molecule has 1 unspecified atom stereocenters. The number of aromatic nitrogens is 2. The Morgan fingerprint density at radius 1 is 1.06 bits per heavy atom. The molecule has 3 amide bonds. The standard InChI is InChI=1S/C53H64N8O7/c1-9-60-45-20-19-37-28-39(45)40(49(60)41-30-54-23-21-38(41)31-66-7)29-53(4,5)32-68-52(65)43-17-13-25-61(58-43)51(64)44(27-35-14-12-15-36(37)26-35)57-50(63)48(34(2)3)59(6)47(62)22-24-55-33-56-42-16-10-11-18-46(42)67-8/h10-12,14-16,18-21,23,26,28,30,34,43-44,48,58H,9,13,17,22,24-25,27,29,31-32H2,1-8H3,(H,57,63)/t43-,44-,48?/m0/s1. The molecule has 6 bridgehead atoms. The summed E-state index contributed by atoms with van der Waals surface area (Å²) >= 11 is 0. The van der Waals surface area contributed by atoms with Crippen LogP contribution in [0.15, 0.2) is 95.2 Å². The molecule has 358 valence electrons. The minimum atomic E-state index is -1.05. The summed E-state index contributed by atoms with van der Waals surface area (Å²) in [5.74, 6) is -1.35. The van der Waals surface area contributed by atoms with Gasteiger partial charge in [0.05, 0.1) is 38.6 Å². The van der Waals surface area contributed by atoms with E-state index in [-0.39, 0.29) is 37.8 Å². The van der Waals surface area contributed by atoms with Gasteiger partial charge in [-0.1, -0.05) is 70.2 Å². The van der Waals surface area contributed by atoms with Crippen molar-refractivity contribution in [2.45, 2.75) is 98.0 Å². The van der Waals surface area contributed by atoms with Crippen LogP contribution in [0.25, 0.3) is 33.3 Å². The average molecular weight is 925 g/mol. The molecule has 15 nitrogen and oxygen atoms in total. The minimum absolute atomic E-state index is 0.0129. The molecule has 2 aliphatic heterocycles. The Hall–Kier alpha value is -6.67. The third-order valence-corrected chi connectivity index (χ3v) is 12.7. The molecule has 4 heterocycles. The highest BCUT2D eigenvalue weighted by Crippen LogP contribution is 2.41. The summed E-state index contributed by atoms with van der Waals surface area (Å²) < 4.78 is 19.4. The maximum absolute atomic E-state index is 14.7. The molecule has 15 heteroatoms. The van der Waals surface area contributed by atoms with Gasteiger partial charge in [0, 0.05) is 74.4 Å². The third kappa shape index (κ3) is 11.2. The summed E-state index contributed by atoms with van der Waals surface area (Å²) in [7, 11) is 4.84. The van der Waals surface area contributed by atoms with E-state index in [0.29, 0.717) is 50.4 Å². The Labute approximate surface area is 398 Å². The number of hydrogen-bond acceptors (Lipinski definition) is 11. The van der Waals surface area contributed by atoms with Crippen LogP contribution in [0.5, 0.6) is 5.75 Å². The normalized spacial score (nSPS) is 17.7. The number of esters is 1. The van der Waals surface area contributed by atoms with Gasteiger partial charge in [-0.3, -0.25) is 29.2 Å². The summed E-state index contributed by atoms with van der Waals surface area (Å²) in [6.07, 6.45) is 5.47. The van der Waals surface area contributed by atoms with Gasteiger partial charge in [0.1, 0.15) is 29.6 Å². The molecule has 1 saturated heterocycles. The number of benzene rings is 3. The Bertz CT molecular complexity index is 2700. The van der Waals surface area contributed by atoms with Crippen LogP contribution in [0.1, 0.15) is 70.6 Å². The van der Waals surface area contributed by atoms with E-state index in [2.05, 4.69) is 87.4 Å². The minimum Gasteiger partial charge on any atom is -0.494 e. The van der Waals surface area contributed by atoms with Crippen molar-refractivity contribution in [1.82, 2.24) is 30.2 Å². The fourth-order valence-electron chi connectivity index (χ4n) is 9.38. The maximum atomic E-state index is 14.7. The maximum Gasteiger partial charge on any atom is 0.324 e. The summed E-state index contributed by atoms with van der Waals surface area (Å²) in [6.45, 7) is 11.8. The van der Waals surface area contributed by atoms with Crippen molar-refractivity contribution in [2.75, 3.05) is 41.0 Å². The van der Waals surface area contributed by atoms with Gasteiger partial charge in [-0.25, -0.2) is 10.4 Å². The van der Waals surface area contributed by atoms with E-state index in [1.807, 2.05) is 50.4 Å². The number of hydrazine groups is 1. The lowest BCUT2D eigenvalue weighted by Crippen LogP contribution is -2.62. The second-order valence-electron chi connectivity index (χ2n) is 18.7. The number of aliphatic imine (C=N–C) groups is 2. The summed E-state index contributed by atoms with van der Waals surface area (Å²) in [5.41, 5.74) is 11.2. The van der Waals surface area contributed by atoms with Gasteiger partial charge in [-0.15, -0.1) is 0 Å². The molecule has 2 N–H and O–H groups in total. The first-order valence-electron chi connectivity index (χ1n) is 23.5. The van der Waals surface area contributed by atoms with Crippen molar-refractivity contribution >= 4 is 46.3 Å². The number of fused-ring (bicyclic) bond motifs is 6. The zero-order valence-electron chi connectivity index (χ0n) is 40.5. The first-order valence-corrected chi connectivity index (χ1v) is 23.5. The van der Waals surface area contributed by atoms with Gasteiger partial charge in [0.25, 0.3) is 5.91 Å². The lowest BCUT2D eigenvalue weighted by molar-refractivity contribution is -0.155. The molecule has 3 aromatic carbocycles. The van der Waals surface area contributed by atoms with Gasteiger partial charge in [-0.05, 0) is 90.3 Å². The number of amides is 3. The largest absolute Gasteiger partial charge is 0.494 e. The number of rotatable bonds is 13. The summed E-state index contributed by atoms with van der Waals surface area (Å²) in [5, 5.41) is 5.57. The van der Waals surface area contributed by atoms with E-state index < -0.39 is 41.3 Å². The van der Waals surface area contributed by atoms with E-state index >= 15 is 0 Å². The van der Waals surface area contributed by atoms with E-state index in [1.54, 1.807) is 39.6 Å². The SMILES string of the molecule is CCn1c(-c2cnccc2COC)c2c3cc(ccc31)-c1cccc(c1)C[C@H](NC(=O)C(C(C)C)N(C)C(=O)CCN=C=Nc1ccccc1OC)C(=O)N1CCC[C@H](N1)C(=O)OCC(C)(C)C2. The number of methoxy groups -OCH3 is 2. The van der Waals surface area contributed by atoms with Crippen LogP contribution in [-0.2, 0) is 54.6 Å². The van der Waals surface area contributed by atoms with Gasteiger partial charge in [0.15, 0.2) is 0 Å². The molecule has 5 aromatic rings. The highest BCUT2D eigenvalue weighted by molar-refractivity contribution is 5.96. The molecule has 0 aliphatic carbocycles. The number of hydrogen-bond donors (Lipinski definition) is 2. The van der Waals surface area contributed by atoms with Crippen LogP contribution in [-0.4, -0.2) is 108 Å². The lowest BCUT2D eigenvalue weighted by atomic mass is 9.84. The zero-order chi connectivity index (χ0) is 48.5. The van der Waals surface area contributed by atoms with Crippen LogP contribution in [0.2, 0.25) is 0 Å². The Kier molecular flexibility index (Phi) is 15.9. The highest BCUT2D eigenvalue weighted by atomic mass is 16.5. The highest BCUT2D eigenvalue weighted by Gasteiger charge is 2.37. The molecule has 3 atom stereocenters. The number of aryl methyl sites for hydroxylation is 1. The number of nitrogens with one attached hydrogen (secondary N) is 2. The molecule has 2 aromatic heterocycles. The Balaban J connectivity index is 1.22. The molecule has 7 rings (SSSR count). The van der Waals surface area contributed by atoms with Crippen molar-refractivity contribution in [1.29, 1.82) is 0 Å². The van der Waals surface area contributed by atoms with Crippen molar-refractivity contribution in [3.63, 3.8) is 0 Å². The van der Waals surface area contributed by atoms with Crippen LogP contribution in [0.3, 0.4) is 0 Å². The van der Waals surface area contributed by atoms with Crippen molar-refractivity contribution in [3.05, 3.63) is 102 Å². The lowest BCUT2D eigenvalue weighted by Gasteiger charge is -2.36. The molecule has 2 aliphatic rings. The number of cyclic esters (lactones) is 1. The zero-order valence-corrected chi connectivity index (χ0v) is 40.5. The fraction of sp³-hybridized carbons (Fsp3) is 0.434. The second-order valence-corrected chi connectivity index (χ2v) is 18.7. The summed E-state index contributed by atoms with van der Waals surface area (Å²) in [6, 6.07) is 23.7. The van der Waals surface area contributed by atoms with E-state index in [4.69, 9.17) is 14.2 Å². The monoisotopic (exact) mass is 924 g/mol. The summed E-state index contributed by atoms with van der Waals surface area (Å²) in [4.78, 5) is 71.0. The first kappa shape index (κ1) is 49.2. The smallest absolute Gasteiger partial charge is 0.324 e. The number of likely N-dealkylation sites (N-methyl/N-ethyl adjacent to an activating group) is 1. The number of para-hydroxylation sites is 2. The van der Waals surface area contributed by atoms with Crippen molar-refractivity contribution in [3.8, 4) is 28.1 Å². The van der Waals surface area contributed by atoms with Gasteiger partial charge < -0.3 is 29.0 Å². The molecule has 0 saturated carbocycles. The van der Waals surface area contributed by atoms with Crippen LogP contribution < -0.4 is 15.5 Å². The molecular formula is C53H64N8O7. The molecule has 68 heavy (non-hydrogen) atoms. The van der Waals surface area contributed by atoms with Crippen molar-refractivity contribution in [2.24, 2.45) is 21.3 Å². The van der Waals surface area contributed by atoms with Crippen molar-refractivity contribution < 1.29 is 33.4 Å². The topological polar surface area (TPSA) is 169 Å². The second kappa shape index (κ2) is 22.0. The van der Waals surface area contributed by atoms with Gasteiger partial charge in [-0.2, -0.15) is 4.99 Å². The third-order valence-electron chi connectivity index (χ3n) is 12.7. The average Bonchev–Trinajstić information content (AvgIpc) is 3.63. The number of ether oxygens (including phenoxy) is 3.